The fourth-order valence-corrected chi connectivity index (χ4v) is 4.57. The molecule has 2 aliphatic rings. The molecule has 8 nitrogen and oxygen atoms in total. The monoisotopic (exact) mass is 431 g/mol. The lowest BCUT2D eigenvalue weighted by molar-refractivity contribution is 0.0756. The van der Waals surface area contributed by atoms with Gasteiger partial charge in [0, 0.05) is 66.2 Å². The zero-order chi connectivity index (χ0) is 22.5. The lowest BCUT2D eigenvalue weighted by atomic mass is 9.82. The molecule has 0 spiro atoms. The first-order chi connectivity index (χ1) is 15.4. The number of rotatable bonds is 5. The van der Waals surface area contributed by atoms with Gasteiger partial charge in [-0.15, -0.1) is 0 Å². The first kappa shape index (κ1) is 20.5. The number of aromatic nitrogens is 3. The van der Waals surface area contributed by atoms with Crippen molar-refractivity contribution in [2.24, 2.45) is 11.5 Å². The molecular formula is C24H29N7O. The zero-order valence-corrected chi connectivity index (χ0v) is 18.7. The lowest BCUT2D eigenvalue weighted by Gasteiger charge is -2.50. The molecule has 32 heavy (non-hydrogen) atoms. The Hall–Kier alpha value is -3.36. The molecule has 3 aromatic rings. The summed E-state index contributed by atoms with van der Waals surface area (Å²) in [5.41, 5.74) is 16.9. The number of ether oxygens (including phenoxy) is 1. The van der Waals surface area contributed by atoms with Crippen LogP contribution in [0.15, 0.2) is 66.0 Å². The summed E-state index contributed by atoms with van der Waals surface area (Å²) >= 11 is 0. The van der Waals surface area contributed by atoms with E-state index in [4.69, 9.17) is 21.2 Å². The Balaban J connectivity index is 1.56. The van der Waals surface area contributed by atoms with Crippen molar-refractivity contribution in [1.82, 2.24) is 24.8 Å². The number of nitrogens with one attached hydrogen (secondary N) is 1. The molecule has 5 rings (SSSR count). The number of H-pyrrole nitrogens is 1. The number of methoxy groups -OCH3 is 1. The first-order valence-corrected chi connectivity index (χ1v) is 10.8. The predicted molar refractivity (Wildman–Crippen MR) is 125 cm³/mol. The van der Waals surface area contributed by atoms with E-state index in [0.29, 0.717) is 29.7 Å². The molecule has 5 N–H and O–H groups in total. The maximum absolute atomic E-state index is 7.07. The topological polar surface area (TPSA) is 109 Å². The van der Waals surface area contributed by atoms with Crippen molar-refractivity contribution < 1.29 is 4.74 Å². The summed E-state index contributed by atoms with van der Waals surface area (Å²) in [5.74, 6) is 1.21. The molecule has 0 saturated carbocycles. The molecule has 0 radical (unpaired) electrons. The molecule has 1 aliphatic heterocycles. The van der Waals surface area contributed by atoms with Crippen LogP contribution in [0.2, 0.25) is 0 Å². The minimum atomic E-state index is -0.939. The average Bonchev–Trinajstić information content (AvgIpc) is 3.18. The van der Waals surface area contributed by atoms with E-state index in [1.807, 2.05) is 30.5 Å². The lowest BCUT2D eigenvalue weighted by Crippen LogP contribution is -2.61. The fraction of sp³-hybridized carbons (Fsp3) is 0.333. The summed E-state index contributed by atoms with van der Waals surface area (Å²) in [6, 6.07) is 10.6. The van der Waals surface area contributed by atoms with E-state index in [1.165, 1.54) is 0 Å². The van der Waals surface area contributed by atoms with Crippen molar-refractivity contribution >= 4 is 10.9 Å². The van der Waals surface area contributed by atoms with Gasteiger partial charge in [0.2, 0.25) is 0 Å². The van der Waals surface area contributed by atoms with E-state index in [-0.39, 0.29) is 0 Å². The molecule has 1 unspecified atom stereocenters. The third-order valence-corrected chi connectivity index (χ3v) is 6.58. The van der Waals surface area contributed by atoms with Gasteiger partial charge in [0.15, 0.2) is 5.82 Å². The van der Waals surface area contributed by atoms with Crippen LogP contribution >= 0.6 is 0 Å². The van der Waals surface area contributed by atoms with Crippen LogP contribution < -0.4 is 11.5 Å². The molecule has 1 fully saturated rings. The number of nitrogens with zero attached hydrogens (tertiary/aromatic N) is 4. The number of nitrogens with two attached hydrogens (primary N) is 2. The van der Waals surface area contributed by atoms with Crippen molar-refractivity contribution in [3.63, 3.8) is 0 Å². The number of hydrogen-bond donors (Lipinski definition) is 3. The van der Waals surface area contributed by atoms with Gasteiger partial charge in [-0.2, -0.15) is 0 Å². The number of para-hydroxylation sites is 1. The van der Waals surface area contributed by atoms with Gasteiger partial charge >= 0.3 is 0 Å². The van der Waals surface area contributed by atoms with Crippen molar-refractivity contribution in [2.45, 2.75) is 18.0 Å². The van der Waals surface area contributed by atoms with Gasteiger partial charge in [-0.1, -0.05) is 18.2 Å². The van der Waals surface area contributed by atoms with Gasteiger partial charge in [0.25, 0.3) is 0 Å². The van der Waals surface area contributed by atoms with E-state index >= 15 is 0 Å². The summed E-state index contributed by atoms with van der Waals surface area (Å²) in [6.45, 7) is 1.77. The molecule has 0 amide bonds. The summed E-state index contributed by atoms with van der Waals surface area (Å²) in [6.07, 6.45) is 6.09. The van der Waals surface area contributed by atoms with Crippen LogP contribution in [0.3, 0.4) is 0 Å². The van der Waals surface area contributed by atoms with Crippen LogP contribution in [0.5, 0.6) is 0 Å². The van der Waals surface area contributed by atoms with Gasteiger partial charge in [0.1, 0.15) is 11.3 Å². The quantitative estimate of drug-likeness (QED) is 0.568. The van der Waals surface area contributed by atoms with E-state index in [1.54, 1.807) is 13.3 Å². The summed E-state index contributed by atoms with van der Waals surface area (Å²) in [7, 11) is 5.82. The Morgan fingerprint density at radius 3 is 2.75 bits per heavy atom. The number of benzene rings is 1. The highest BCUT2D eigenvalue weighted by Crippen LogP contribution is 2.40. The smallest absolute Gasteiger partial charge is 0.155 e. The van der Waals surface area contributed by atoms with E-state index in [9.17, 15) is 0 Å². The Labute approximate surface area is 187 Å². The van der Waals surface area contributed by atoms with Crippen LogP contribution in [0.25, 0.3) is 22.2 Å². The first-order valence-electron chi connectivity index (χ1n) is 10.8. The number of allylic oxidation sites excluding steroid dienone is 1. The van der Waals surface area contributed by atoms with Gasteiger partial charge < -0.3 is 31.0 Å². The number of likely N-dealkylation sites (tertiary alicyclic amines) is 1. The molecule has 166 valence electrons. The maximum atomic E-state index is 7.07. The normalized spacial score (nSPS) is 21.8. The molecule has 3 heterocycles. The zero-order valence-electron chi connectivity index (χ0n) is 18.7. The van der Waals surface area contributed by atoms with Crippen LogP contribution in [-0.4, -0.2) is 65.1 Å². The maximum Gasteiger partial charge on any atom is 0.155 e. The summed E-state index contributed by atoms with van der Waals surface area (Å²) in [4.78, 5) is 17.4. The molecule has 8 heteroatoms. The number of hydrogen-bond acceptors (Lipinski definition) is 7. The molecule has 0 bridgehead atoms. The third-order valence-electron chi connectivity index (χ3n) is 6.58. The second kappa shape index (κ2) is 7.65. The van der Waals surface area contributed by atoms with Crippen LogP contribution in [0.1, 0.15) is 12.2 Å². The largest absolute Gasteiger partial charge is 0.495 e. The molecule has 1 atom stereocenters. The van der Waals surface area contributed by atoms with E-state index in [2.05, 4.69) is 46.0 Å². The van der Waals surface area contributed by atoms with E-state index in [0.717, 1.165) is 40.9 Å². The Morgan fingerprint density at radius 1 is 1.22 bits per heavy atom. The molecular weight excluding hydrogens is 402 g/mol. The molecule has 2 aromatic heterocycles. The fourth-order valence-electron chi connectivity index (χ4n) is 4.57. The van der Waals surface area contributed by atoms with Gasteiger partial charge in [-0.3, -0.25) is 0 Å². The van der Waals surface area contributed by atoms with E-state index < -0.39 is 5.54 Å². The highest BCUT2D eigenvalue weighted by molar-refractivity contribution is 5.94. The third kappa shape index (κ3) is 3.23. The van der Waals surface area contributed by atoms with Gasteiger partial charge in [-0.25, -0.2) is 9.97 Å². The van der Waals surface area contributed by atoms with Crippen LogP contribution in [0.4, 0.5) is 0 Å². The van der Waals surface area contributed by atoms with Gasteiger partial charge in [0.05, 0.1) is 18.5 Å². The second-order valence-electron chi connectivity index (χ2n) is 8.81. The number of aromatic amines is 1. The van der Waals surface area contributed by atoms with Gasteiger partial charge in [-0.05, 0) is 26.2 Å². The van der Waals surface area contributed by atoms with Crippen LogP contribution in [0, 0.1) is 0 Å². The molecule has 1 aliphatic carbocycles. The molecule has 1 aromatic carbocycles. The Bertz CT molecular complexity index is 1220. The minimum Gasteiger partial charge on any atom is -0.495 e. The number of likely N-dealkylation sites (N-methyl/N-ethyl adjacent to an activating group) is 1. The van der Waals surface area contributed by atoms with Crippen molar-refractivity contribution in [3.8, 4) is 11.3 Å². The predicted octanol–water partition coefficient (Wildman–Crippen LogP) is 2.13. The van der Waals surface area contributed by atoms with Crippen molar-refractivity contribution in [2.75, 3.05) is 34.3 Å². The average molecular weight is 432 g/mol. The molecule has 1 saturated heterocycles. The Morgan fingerprint density at radius 2 is 2.00 bits per heavy atom. The highest BCUT2D eigenvalue weighted by atomic mass is 16.5. The minimum absolute atomic E-state index is 0.391. The van der Waals surface area contributed by atoms with Crippen molar-refractivity contribution in [3.05, 3.63) is 71.8 Å². The highest BCUT2D eigenvalue weighted by Gasteiger charge is 2.45. The number of fused-ring (bicyclic) bond motifs is 1. The summed E-state index contributed by atoms with van der Waals surface area (Å²) < 4.78 is 5.53. The standard InChI is InChI=1S/C24H29N7O/c1-30(2)15-13-31(14-15)22-10-21(32-3)18(25)11-24(22,26)23-27-9-8-20(29-23)17-12-28-19-7-5-4-6-16(17)19/h4-10,12,15,28H,11,13-14,25-26H2,1-3H3. The van der Waals surface area contributed by atoms with Crippen molar-refractivity contribution in [1.29, 1.82) is 0 Å². The van der Waals surface area contributed by atoms with Crippen LogP contribution in [-0.2, 0) is 10.3 Å². The SMILES string of the molecule is COC1=C(N)CC(N)(c2nccc(-c3c[nH]c4ccccc34)n2)C(N2CC(N(C)C)C2)=C1. The second-order valence-corrected chi connectivity index (χ2v) is 8.81. The Kier molecular flexibility index (Phi) is 4.91. The summed E-state index contributed by atoms with van der Waals surface area (Å²) in [5, 5.41) is 1.11.